The molecule has 5 heterocycles. The number of esters is 1. The van der Waals surface area contributed by atoms with Gasteiger partial charge in [-0.3, -0.25) is 9.59 Å². The van der Waals surface area contributed by atoms with E-state index < -0.39 is 29.9 Å². The molecule has 10 heteroatoms. The lowest BCUT2D eigenvalue weighted by atomic mass is 9.84. The summed E-state index contributed by atoms with van der Waals surface area (Å²) in [6.07, 6.45) is 6.87. The molecule has 0 saturated carbocycles. The van der Waals surface area contributed by atoms with Gasteiger partial charge in [-0.2, -0.15) is 0 Å². The highest BCUT2D eigenvalue weighted by molar-refractivity contribution is 6.24. The van der Waals surface area contributed by atoms with Crippen LogP contribution in [0, 0.1) is 38.5 Å². The van der Waals surface area contributed by atoms with Crippen molar-refractivity contribution in [2.45, 2.75) is 53.6 Å². The number of nitrogens with one attached hydrogen (secondary N) is 4. The molecular weight excluding hydrogens is 572 g/mol. The number of methoxy groups -OCH3 is 1. The van der Waals surface area contributed by atoms with E-state index in [4.69, 9.17) is 4.74 Å². The van der Waals surface area contributed by atoms with E-state index in [1.807, 2.05) is 39.0 Å². The van der Waals surface area contributed by atoms with E-state index in [9.17, 15) is 24.6 Å². The molecule has 3 aromatic heterocycles. The molecule has 1 fully saturated rings. The molecule has 1 saturated heterocycles. The van der Waals surface area contributed by atoms with Crippen molar-refractivity contribution in [1.29, 1.82) is 0 Å². The van der Waals surface area contributed by atoms with Crippen LogP contribution in [-0.2, 0) is 20.7 Å². The fraction of sp³-hybridized carbons (Fsp3) is 0.343. The third-order valence-electron chi connectivity index (χ3n) is 9.84. The van der Waals surface area contributed by atoms with Crippen molar-refractivity contribution in [3.8, 4) is 0 Å². The van der Waals surface area contributed by atoms with Gasteiger partial charge in [-0.1, -0.05) is 26.5 Å². The number of aliphatic carboxylic acids is 1. The second-order valence-electron chi connectivity index (χ2n) is 12.2. The zero-order valence-electron chi connectivity index (χ0n) is 26.3. The number of aliphatic hydroxyl groups excluding tert-OH is 1. The topological polar surface area (TPSA) is 160 Å². The normalized spacial score (nSPS) is 25.0. The van der Waals surface area contributed by atoms with Crippen LogP contribution in [0.4, 0.5) is 0 Å². The Morgan fingerprint density at radius 2 is 1.71 bits per heavy atom. The molecule has 10 nitrogen and oxygen atoms in total. The minimum atomic E-state index is -1.65. The zero-order chi connectivity index (χ0) is 32.5. The summed E-state index contributed by atoms with van der Waals surface area (Å²) in [5, 5.41) is 25.5. The lowest BCUT2D eigenvalue weighted by molar-refractivity contribution is -0.147. The number of aromatic amines is 3. The van der Waals surface area contributed by atoms with Crippen LogP contribution >= 0.6 is 0 Å². The van der Waals surface area contributed by atoms with Gasteiger partial charge in [0, 0.05) is 67.7 Å². The lowest BCUT2D eigenvalue weighted by Gasteiger charge is -2.21. The van der Waals surface area contributed by atoms with Crippen molar-refractivity contribution in [1.82, 2.24) is 20.3 Å². The number of carboxylic acid groups (broad SMARTS) is 1. The summed E-state index contributed by atoms with van der Waals surface area (Å²) < 4.78 is 5.12. The average Bonchev–Trinajstić information content (AvgIpc) is 3.74. The highest BCUT2D eigenvalue weighted by Crippen LogP contribution is 2.48. The number of rotatable bonds is 6. The quantitative estimate of drug-likeness (QED) is 0.185. The van der Waals surface area contributed by atoms with Crippen LogP contribution < -0.4 is 16.0 Å². The van der Waals surface area contributed by atoms with E-state index in [2.05, 4.69) is 46.8 Å². The van der Waals surface area contributed by atoms with Gasteiger partial charge in [0.05, 0.1) is 12.8 Å². The fourth-order valence-electron chi connectivity index (χ4n) is 7.27. The number of allylic oxidation sites excluding steroid dienone is 2. The van der Waals surface area contributed by atoms with Crippen LogP contribution in [0.1, 0.15) is 81.2 Å². The molecule has 6 N–H and O–H groups in total. The Hall–Kier alpha value is -4.83. The minimum absolute atomic E-state index is 0.124. The molecule has 8 bridgehead atoms. The molecule has 3 aromatic rings. The van der Waals surface area contributed by atoms with Crippen molar-refractivity contribution in [3.05, 3.63) is 84.8 Å². The molecule has 1 aliphatic carbocycles. The Labute approximate surface area is 260 Å². The number of carboxylic acids is 1. The first-order chi connectivity index (χ1) is 21.4. The van der Waals surface area contributed by atoms with Gasteiger partial charge in [-0.05, 0) is 74.1 Å². The van der Waals surface area contributed by atoms with Crippen LogP contribution in [0.3, 0.4) is 0 Å². The molecule has 0 spiro atoms. The van der Waals surface area contributed by atoms with E-state index in [1.165, 1.54) is 7.11 Å². The molecule has 0 radical (unpaired) electrons. The van der Waals surface area contributed by atoms with Crippen molar-refractivity contribution >= 4 is 47.6 Å². The van der Waals surface area contributed by atoms with Gasteiger partial charge in [-0.15, -0.1) is 0 Å². The van der Waals surface area contributed by atoms with Crippen LogP contribution in [-0.4, -0.2) is 56.1 Å². The maximum atomic E-state index is 14.0. The SMILES string of the molecule is C=Cc1c2[nH]c(c1C)/C=C1\N/C(=C3\c4[nH]c(c(C)c4C(=O)[C@@H]3C(=O)OC)/C=c3\[nH]/c(c(C)c3CC)=C\2)[C@@H](CC(O)C(=O)O)[C@@H]1C. The lowest BCUT2D eigenvalue weighted by Crippen LogP contribution is -2.28. The van der Waals surface area contributed by atoms with E-state index in [1.54, 1.807) is 0 Å². The van der Waals surface area contributed by atoms with Gasteiger partial charge in [0.1, 0.15) is 5.92 Å². The summed E-state index contributed by atoms with van der Waals surface area (Å²) in [4.78, 5) is 49.6. The maximum absolute atomic E-state index is 14.0. The van der Waals surface area contributed by atoms with Crippen LogP contribution in [0.15, 0.2) is 18.0 Å². The molecule has 1 unspecified atom stereocenters. The molecule has 2 aliphatic heterocycles. The van der Waals surface area contributed by atoms with Gasteiger partial charge < -0.3 is 35.2 Å². The number of ether oxygens (including phenoxy) is 1. The standard InChI is InChI=1S/C35H38N4O6/c1-8-18-14(3)21-11-23-16(5)20(10-27(40)34(42)43)31(38-23)29-30(35(44)45-7)33(41)28-17(6)24(39-32(28)29)13-26-19(9-2)15(4)22(37-26)12-25(18)36-21/h8,11-13,16,20,27,30,36-40H,1,9-10H2,2-7H3,(H,42,43)/b22-12-,23-11-,26-13-,31-29-/t16-,20-,27?,30+/m0/s1. The van der Waals surface area contributed by atoms with Crippen LogP contribution in [0.5, 0.6) is 0 Å². The molecule has 0 aromatic carbocycles. The van der Waals surface area contributed by atoms with E-state index in [0.29, 0.717) is 28.1 Å². The van der Waals surface area contributed by atoms with Crippen LogP contribution in [0.2, 0.25) is 0 Å². The van der Waals surface area contributed by atoms with Crippen molar-refractivity contribution in [2.24, 2.45) is 17.8 Å². The summed E-state index contributed by atoms with van der Waals surface area (Å²) >= 11 is 0. The molecule has 3 aliphatic rings. The summed E-state index contributed by atoms with van der Waals surface area (Å²) in [6, 6.07) is 0. The molecule has 0 amide bonds. The Balaban J connectivity index is 1.74. The number of carbonyl (C=O) groups is 3. The zero-order valence-corrected chi connectivity index (χ0v) is 26.3. The van der Waals surface area contributed by atoms with Crippen molar-refractivity contribution in [2.75, 3.05) is 7.11 Å². The highest BCUT2D eigenvalue weighted by atomic mass is 16.5. The minimum Gasteiger partial charge on any atom is -0.479 e. The molecular formula is C35H38N4O6. The predicted molar refractivity (Wildman–Crippen MR) is 171 cm³/mol. The summed E-state index contributed by atoms with van der Waals surface area (Å²) in [5.74, 6) is -4.51. The number of ketones is 1. The third kappa shape index (κ3) is 4.54. The summed E-state index contributed by atoms with van der Waals surface area (Å²) in [7, 11) is 1.24. The molecule has 45 heavy (non-hydrogen) atoms. The number of aromatic nitrogens is 3. The Morgan fingerprint density at radius 1 is 1.02 bits per heavy atom. The number of hydrogen-bond acceptors (Lipinski definition) is 6. The Morgan fingerprint density at radius 3 is 2.36 bits per heavy atom. The molecule has 234 valence electrons. The van der Waals surface area contributed by atoms with Gasteiger partial charge >= 0.3 is 11.9 Å². The van der Waals surface area contributed by atoms with E-state index >= 15 is 0 Å². The number of hydrogen-bond donors (Lipinski definition) is 6. The van der Waals surface area contributed by atoms with E-state index in [0.717, 1.165) is 62.2 Å². The Bertz CT molecular complexity index is 2000. The van der Waals surface area contributed by atoms with Crippen molar-refractivity contribution < 1.29 is 29.3 Å². The largest absolute Gasteiger partial charge is 0.479 e. The number of carbonyl (C=O) groups excluding carboxylic acids is 2. The second kappa shape index (κ2) is 11.0. The average molecular weight is 611 g/mol. The first-order valence-electron chi connectivity index (χ1n) is 15.2. The molecule has 6 rings (SSSR count). The fourth-order valence-corrected chi connectivity index (χ4v) is 7.27. The van der Waals surface area contributed by atoms with Gasteiger partial charge in [-0.25, -0.2) is 4.79 Å². The monoisotopic (exact) mass is 610 g/mol. The first kappa shape index (κ1) is 30.2. The number of Topliss-reactive ketones (excluding diaryl/α,β-unsaturated/α-hetero) is 1. The highest BCUT2D eigenvalue weighted by Gasteiger charge is 2.49. The van der Waals surface area contributed by atoms with Crippen molar-refractivity contribution in [3.63, 3.8) is 0 Å². The first-order valence-corrected chi connectivity index (χ1v) is 15.2. The third-order valence-corrected chi connectivity index (χ3v) is 9.84. The Kier molecular flexibility index (Phi) is 7.35. The van der Waals surface area contributed by atoms with E-state index in [-0.39, 0.29) is 18.1 Å². The maximum Gasteiger partial charge on any atom is 0.332 e. The smallest absolute Gasteiger partial charge is 0.332 e. The number of fused-ring (bicyclic) bond motifs is 7. The second-order valence-corrected chi connectivity index (χ2v) is 12.2. The number of H-pyrrole nitrogens is 3. The summed E-state index contributed by atoms with van der Waals surface area (Å²) in [6.45, 7) is 14.0. The van der Waals surface area contributed by atoms with Gasteiger partial charge in [0.15, 0.2) is 11.9 Å². The predicted octanol–water partition coefficient (Wildman–Crippen LogP) is 3.20. The van der Waals surface area contributed by atoms with Crippen LogP contribution in [0.25, 0.3) is 29.9 Å². The van der Waals surface area contributed by atoms with Gasteiger partial charge in [0.25, 0.3) is 0 Å². The molecule has 4 atom stereocenters. The van der Waals surface area contributed by atoms with Gasteiger partial charge in [0.2, 0.25) is 0 Å². The summed E-state index contributed by atoms with van der Waals surface area (Å²) in [5.41, 5.74) is 9.91. The number of aliphatic hydroxyl groups is 1.